The Morgan fingerprint density at radius 1 is 0.730 bits per heavy atom. The Labute approximate surface area is 232 Å². The molecule has 0 radical (unpaired) electrons. The largest absolute Gasteiger partial charge is 0.492 e. The van der Waals surface area contributed by atoms with Gasteiger partial charge in [0.05, 0.1) is 23.3 Å². The van der Waals surface area contributed by atoms with Gasteiger partial charge in [0, 0.05) is 22.9 Å². The maximum Gasteiger partial charge on any atom is 0.236 e. The highest BCUT2D eigenvalue weighted by Gasteiger charge is 2.12. The number of benzene rings is 2. The standard InChI is InChI=1S/C23H22Cl4N6O4/c24-13-5-7-17(15(26)11-13)36-9-1-3-19(34)29-22-31-21(28)32-23(33-22)30-20(35)4-2-10-37-18-8-6-14(25)12-16(18)27/h5-8,11-12H,1-4,9-10H2,(H4,28,29,30,31,32,33,34,35). The molecule has 3 rings (SSSR count). The summed E-state index contributed by atoms with van der Waals surface area (Å²) in [6, 6.07) is 9.74. The van der Waals surface area contributed by atoms with Crippen LogP contribution >= 0.6 is 46.4 Å². The zero-order valence-electron chi connectivity index (χ0n) is 19.3. The summed E-state index contributed by atoms with van der Waals surface area (Å²) in [7, 11) is 0. The van der Waals surface area contributed by atoms with Crippen LogP contribution in [-0.4, -0.2) is 40.0 Å². The first-order chi connectivity index (χ1) is 17.7. The minimum atomic E-state index is -0.369. The molecule has 0 spiro atoms. The summed E-state index contributed by atoms with van der Waals surface area (Å²) in [4.78, 5) is 36.2. The molecule has 0 atom stereocenters. The van der Waals surface area contributed by atoms with Crippen molar-refractivity contribution < 1.29 is 19.1 Å². The number of nitrogen functional groups attached to an aromatic ring is 1. The molecular weight excluding hydrogens is 566 g/mol. The number of nitrogens with zero attached hydrogens (tertiary/aromatic N) is 3. The van der Waals surface area contributed by atoms with Gasteiger partial charge in [0.2, 0.25) is 29.7 Å². The molecule has 0 aliphatic carbocycles. The lowest BCUT2D eigenvalue weighted by molar-refractivity contribution is -0.117. The van der Waals surface area contributed by atoms with Crippen LogP contribution in [0.1, 0.15) is 25.7 Å². The first kappa shape index (κ1) is 28.5. The van der Waals surface area contributed by atoms with Crippen molar-refractivity contribution in [3.8, 4) is 11.5 Å². The van der Waals surface area contributed by atoms with E-state index in [0.717, 1.165) is 0 Å². The van der Waals surface area contributed by atoms with Crippen molar-refractivity contribution in [3.63, 3.8) is 0 Å². The summed E-state index contributed by atoms with van der Waals surface area (Å²) in [6.45, 7) is 0.507. The highest BCUT2D eigenvalue weighted by atomic mass is 35.5. The summed E-state index contributed by atoms with van der Waals surface area (Å²) in [6.07, 6.45) is 1.04. The average Bonchev–Trinajstić information content (AvgIpc) is 2.81. The molecule has 10 nitrogen and oxygen atoms in total. The van der Waals surface area contributed by atoms with E-state index in [1.807, 2.05) is 0 Å². The second kappa shape index (κ2) is 14.0. The van der Waals surface area contributed by atoms with Crippen LogP contribution in [0.5, 0.6) is 11.5 Å². The number of nitrogens with one attached hydrogen (secondary N) is 2. The van der Waals surface area contributed by atoms with Crippen molar-refractivity contribution in [1.82, 2.24) is 15.0 Å². The molecular formula is C23H22Cl4N6O4. The summed E-state index contributed by atoms with van der Waals surface area (Å²) in [5, 5.41) is 6.80. The molecule has 14 heteroatoms. The highest BCUT2D eigenvalue weighted by molar-refractivity contribution is 6.36. The van der Waals surface area contributed by atoms with E-state index in [2.05, 4.69) is 25.6 Å². The molecule has 196 valence electrons. The van der Waals surface area contributed by atoms with E-state index in [0.29, 0.717) is 44.4 Å². The SMILES string of the molecule is Nc1nc(NC(=O)CCCOc2ccc(Cl)cc2Cl)nc(NC(=O)CCCOc2ccc(Cl)cc2Cl)n1. The van der Waals surface area contributed by atoms with Gasteiger partial charge in [-0.05, 0) is 49.2 Å². The Hall–Kier alpha value is -3.05. The molecule has 0 aliphatic heterocycles. The van der Waals surface area contributed by atoms with Crippen molar-refractivity contribution in [2.45, 2.75) is 25.7 Å². The van der Waals surface area contributed by atoms with E-state index < -0.39 is 0 Å². The van der Waals surface area contributed by atoms with E-state index in [1.54, 1.807) is 36.4 Å². The van der Waals surface area contributed by atoms with Crippen molar-refractivity contribution in [1.29, 1.82) is 0 Å². The lowest BCUT2D eigenvalue weighted by atomic mass is 10.3. The topological polar surface area (TPSA) is 141 Å². The average molecular weight is 588 g/mol. The van der Waals surface area contributed by atoms with E-state index in [4.69, 9.17) is 61.6 Å². The number of carbonyl (C=O) groups is 2. The first-order valence-corrected chi connectivity index (χ1v) is 12.5. The fraction of sp³-hybridized carbons (Fsp3) is 0.261. The van der Waals surface area contributed by atoms with Crippen LogP contribution in [0.4, 0.5) is 17.8 Å². The number of amides is 2. The lowest BCUT2D eigenvalue weighted by Gasteiger charge is -2.10. The fourth-order valence-corrected chi connectivity index (χ4v) is 3.82. The number of hydrogen-bond acceptors (Lipinski definition) is 8. The van der Waals surface area contributed by atoms with E-state index in [-0.39, 0.29) is 55.7 Å². The number of aromatic nitrogens is 3. The van der Waals surface area contributed by atoms with Crippen molar-refractivity contribution in [2.24, 2.45) is 0 Å². The molecule has 0 bridgehead atoms. The smallest absolute Gasteiger partial charge is 0.236 e. The third-order valence-electron chi connectivity index (χ3n) is 4.55. The molecule has 0 unspecified atom stereocenters. The van der Waals surface area contributed by atoms with Crippen LogP contribution in [0.15, 0.2) is 36.4 Å². The quantitative estimate of drug-likeness (QED) is 0.230. The predicted octanol–water partition coefficient (Wildman–Crippen LogP) is 5.66. The number of rotatable bonds is 12. The summed E-state index contributed by atoms with van der Waals surface area (Å²) < 4.78 is 11.1. The molecule has 37 heavy (non-hydrogen) atoms. The number of hydrogen-bond donors (Lipinski definition) is 3. The normalized spacial score (nSPS) is 10.6. The van der Waals surface area contributed by atoms with Gasteiger partial charge in [-0.1, -0.05) is 46.4 Å². The van der Waals surface area contributed by atoms with Gasteiger partial charge >= 0.3 is 0 Å². The van der Waals surface area contributed by atoms with Gasteiger partial charge in [0.25, 0.3) is 0 Å². The van der Waals surface area contributed by atoms with Crippen molar-refractivity contribution in [3.05, 3.63) is 56.5 Å². The van der Waals surface area contributed by atoms with Gasteiger partial charge in [-0.25, -0.2) is 0 Å². The Morgan fingerprint density at radius 3 is 1.57 bits per heavy atom. The molecule has 4 N–H and O–H groups in total. The highest BCUT2D eigenvalue weighted by Crippen LogP contribution is 2.28. The summed E-state index contributed by atoms with van der Waals surface area (Å²) in [5.41, 5.74) is 5.68. The Bertz CT molecular complexity index is 1170. The van der Waals surface area contributed by atoms with Crippen molar-refractivity contribution in [2.75, 3.05) is 29.6 Å². The molecule has 0 aliphatic rings. The first-order valence-electron chi connectivity index (χ1n) is 11.0. The van der Waals surface area contributed by atoms with Crippen molar-refractivity contribution >= 4 is 76.1 Å². The van der Waals surface area contributed by atoms with Crippen LogP contribution in [0.3, 0.4) is 0 Å². The molecule has 1 heterocycles. The minimum Gasteiger partial charge on any atom is -0.492 e. The van der Waals surface area contributed by atoms with Crippen LogP contribution in [0.25, 0.3) is 0 Å². The van der Waals surface area contributed by atoms with Gasteiger partial charge in [0.15, 0.2) is 0 Å². The number of ether oxygens (including phenoxy) is 2. The summed E-state index contributed by atoms with van der Waals surface area (Å²) in [5.74, 6) is -0.138. The van der Waals surface area contributed by atoms with Crippen LogP contribution < -0.4 is 25.8 Å². The van der Waals surface area contributed by atoms with Crippen LogP contribution in [0, 0.1) is 0 Å². The van der Waals surface area contributed by atoms with E-state index in [1.165, 1.54) is 0 Å². The Kier molecular flexibility index (Phi) is 10.8. The zero-order chi connectivity index (χ0) is 26.8. The number of nitrogens with two attached hydrogens (primary N) is 1. The second-order valence-corrected chi connectivity index (χ2v) is 9.18. The van der Waals surface area contributed by atoms with E-state index >= 15 is 0 Å². The molecule has 1 aromatic heterocycles. The molecule has 2 aromatic carbocycles. The van der Waals surface area contributed by atoms with Gasteiger partial charge < -0.3 is 15.2 Å². The second-order valence-electron chi connectivity index (χ2n) is 7.49. The zero-order valence-corrected chi connectivity index (χ0v) is 22.3. The summed E-state index contributed by atoms with van der Waals surface area (Å²) >= 11 is 23.8. The fourth-order valence-electron chi connectivity index (χ4n) is 2.89. The lowest BCUT2D eigenvalue weighted by Crippen LogP contribution is -2.19. The molecule has 3 aromatic rings. The van der Waals surface area contributed by atoms with Crippen LogP contribution in [-0.2, 0) is 9.59 Å². The molecule has 0 saturated carbocycles. The third kappa shape index (κ3) is 9.73. The molecule has 0 saturated heterocycles. The van der Waals surface area contributed by atoms with Gasteiger partial charge in [-0.2, -0.15) is 15.0 Å². The number of anilines is 3. The van der Waals surface area contributed by atoms with Gasteiger partial charge in [0.1, 0.15) is 11.5 Å². The molecule has 2 amide bonds. The monoisotopic (exact) mass is 586 g/mol. The maximum absolute atomic E-state index is 12.2. The number of halogens is 4. The Balaban J connectivity index is 1.40. The number of carbonyl (C=O) groups excluding carboxylic acids is 2. The van der Waals surface area contributed by atoms with Gasteiger partial charge in [-0.3, -0.25) is 20.2 Å². The Morgan fingerprint density at radius 2 is 1.16 bits per heavy atom. The van der Waals surface area contributed by atoms with E-state index in [9.17, 15) is 9.59 Å². The molecule has 0 fully saturated rings. The van der Waals surface area contributed by atoms with Gasteiger partial charge in [-0.15, -0.1) is 0 Å². The predicted molar refractivity (Wildman–Crippen MR) is 144 cm³/mol. The third-order valence-corrected chi connectivity index (χ3v) is 5.62. The van der Waals surface area contributed by atoms with Crippen LogP contribution in [0.2, 0.25) is 20.1 Å². The maximum atomic E-state index is 12.2. The minimum absolute atomic E-state index is 0.0878.